The van der Waals surface area contributed by atoms with Crippen molar-refractivity contribution in [2.45, 2.75) is 13.0 Å². The van der Waals surface area contributed by atoms with Crippen LogP contribution in [0.2, 0.25) is 4.34 Å². The smallest absolute Gasteiger partial charge is 0.0932 e. The van der Waals surface area contributed by atoms with Gasteiger partial charge in [0.1, 0.15) is 0 Å². The highest BCUT2D eigenvalue weighted by atomic mass is 79.9. The minimum atomic E-state index is 0.120. The van der Waals surface area contributed by atoms with E-state index in [0.29, 0.717) is 5.69 Å². The van der Waals surface area contributed by atoms with Gasteiger partial charge >= 0.3 is 0 Å². The van der Waals surface area contributed by atoms with Crippen molar-refractivity contribution in [3.63, 3.8) is 0 Å². The van der Waals surface area contributed by atoms with E-state index in [9.17, 15) is 0 Å². The van der Waals surface area contributed by atoms with Crippen molar-refractivity contribution in [2.24, 2.45) is 0 Å². The molecule has 3 aromatic rings. The van der Waals surface area contributed by atoms with E-state index in [2.05, 4.69) is 33.2 Å². The maximum Gasteiger partial charge on any atom is 0.0932 e. The summed E-state index contributed by atoms with van der Waals surface area (Å²) in [5.41, 5.74) is 8.55. The first-order valence-corrected chi connectivity index (χ1v) is 8.39. The number of nitrogens with two attached hydrogens (primary N) is 1. The number of fused-ring (bicyclic) bond motifs is 1. The van der Waals surface area contributed by atoms with E-state index in [0.717, 1.165) is 25.4 Å². The molecule has 0 spiro atoms. The van der Waals surface area contributed by atoms with Gasteiger partial charge in [0, 0.05) is 14.7 Å². The van der Waals surface area contributed by atoms with Crippen molar-refractivity contribution in [1.82, 2.24) is 4.98 Å². The predicted molar refractivity (Wildman–Crippen MR) is 95.2 cm³/mol. The average molecular weight is 383 g/mol. The van der Waals surface area contributed by atoms with E-state index in [1.54, 1.807) is 17.5 Å². The van der Waals surface area contributed by atoms with E-state index in [1.165, 1.54) is 4.88 Å². The molecule has 2 heterocycles. The fourth-order valence-electron chi connectivity index (χ4n) is 2.19. The zero-order valence-corrected chi connectivity index (χ0v) is 14.4. The van der Waals surface area contributed by atoms with Crippen LogP contribution in [0.5, 0.6) is 0 Å². The third-order valence-electron chi connectivity index (χ3n) is 3.24. The maximum atomic E-state index is 6.11. The number of thiophene rings is 1. The fourth-order valence-corrected chi connectivity index (χ4v) is 3.61. The van der Waals surface area contributed by atoms with Crippen LogP contribution in [0, 0.1) is 0 Å². The number of benzene rings is 1. The largest absolute Gasteiger partial charge is 0.396 e. The lowest BCUT2D eigenvalue weighted by Gasteiger charge is -2.17. The van der Waals surface area contributed by atoms with Gasteiger partial charge in [-0.2, -0.15) is 0 Å². The Hall–Kier alpha value is -1.30. The van der Waals surface area contributed by atoms with Gasteiger partial charge in [0.15, 0.2) is 0 Å². The summed E-state index contributed by atoms with van der Waals surface area (Å²) in [6, 6.07) is 10.0. The molecule has 0 saturated carbocycles. The van der Waals surface area contributed by atoms with Crippen molar-refractivity contribution >= 4 is 61.1 Å². The second-order valence-electron chi connectivity index (χ2n) is 4.76. The van der Waals surface area contributed by atoms with Gasteiger partial charge in [-0.3, -0.25) is 4.98 Å². The summed E-state index contributed by atoms with van der Waals surface area (Å²) >= 11 is 11.1. The topological polar surface area (TPSA) is 50.9 Å². The van der Waals surface area contributed by atoms with E-state index < -0.39 is 0 Å². The highest BCUT2D eigenvalue weighted by molar-refractivity contribution is 9.10. The Bertz CT molecular complexity index is 797. The molecule has 108 valence electrons. The van der Waals surface area contributed by atoms with Crippen LogP contribution < -0.4 is 11.1 Å². The summed E-state index contributed by atoms with van der Waals surface area (Å²) in [5, 5.41) is 4.47. The average Bonchev–Trinajstić information content (AvgIpc) is 2.89. The molecule has 21 heavy (non-hydrogen) atoms. The molecule has 0 fully saturated rings. The molecule has 1 atom stereocenters. The Labute approximate surface area is 140 Å². The van der Waals surface area contributed by atoms with Crippen LogP contribution in [0.1, 0.15) is 17.8 Å². The summed E-state index contributed by atoms with van der Waals surface area (Å²) < 4.78 is 1.78. The molecule has 0 amide bonds. The van der Waals surface area contributed by atoms with Crippen LogP contribution in [0.3, 0.4) is 0 Å². The zero-order chi connectivity index (χ0) is 15.0. The van der Waals surface area contributed by atoms with Gasteiger partial charge in [-0.05, 0) is 37.3 Å². The van der Waals surface area contributed by atoms with Gasteiger partial charge in [-0.25, -0.2) is 0 Å². The maximum absolute atomic E-state index is 6.11. The number of aromatic nitrogens is 1. The molecule has 1 unspecified atom stereocenters. The molecule has 0 aliphatic heterocycles. The molecule has 6 heteroatoms. The second-order valence-corrected chi connectivity index (χ2v) is 7.42. The lowest BCUT2D eigenvalue weighted by atomic mass is 10.1. The second kappa shape index (κ2) is 5.83. The number of nitrogen functional groups attached to an aromatic ring is 1. The number of pyridine rings is 1. The molecule has 2 aromatic heterocycles. The fraction of sp³-hybridized carbons (Fsp3) is 0.133. The Kier molecular flexibility index (Phi) is 4.06. The van der Waals surface area contributed by atoms with Crippen LogP contribution in [0.15, 0.2) is 41.0 Å². The zero-order valence-electron chi connectivity index (χ0n) is 11.2. The van der Waals surface area contributed by atoms with Crippen molar-refractivity contribution in [2.75, 3.05) is 11.1 Å². The molecule has 0 bridgehead atoms. The van der Waals surface area contributed by atoms with Gasteiger partial charge in [0.25, 0.3) is 0 Å². The molecule has 3 rings (SSSR count). The van der Waals surface area contributed by atoms with Crippen LogP contribution in [0.4, 0.5) is 11.4 Å². The minimum absolute atomic E-state index is 0.120. The molecule has 0 saturated heterocycles. The van der Waals surface area contributed by atoms with Crippen molar-refractivity contribution in [3.05, 3.63) is 50.2 Å². The van der Waals surface area contributed by atoms with Crippen LogP contribution in [-0.4, -0.2) is 4.98 Å². The third-order valence-corrected chi connectivity index (χ3v) is 5.15. The molecule has 3 nitrogen and oxygen atoms in total. The summed E-state index contributed by atoms with van der Waals surface area (Å²) in [7, 11) is 0. The first kappa shape index (κ1) is 14.6. The summed E-state index contributed by atoms with van der Waals surface area (Å²) in [5.74, 6) is 0. The third kappa shape index (κ3) is 3.00. The molecule has 1 aromatic carbocycles. The van der Waals surface area contributed by atoms with Gasteiger partial charge in [-0.15, -0.1) is 11.3 Å². The summed E-state index contributed by atoms with van der Waals surface area (Å²) in [6.07, 6.45) is 1.69. The normalized spacial score (nSPS) is 12.5. The van der Waals surface area contributed by atoms with E-state index >= 15 is 0 Å². The number of nitrogens with one attached hydrogen (secondary N) is 1. The quantitative estimate of drug-likeness (QED) is 0.631. The van der Waals surface area contributed by atoms with E-state index in [1.807, 2.05) is 30.3 Å². The highest BCUT2D eigenvalue weighted by Gasteiger charge is 2.13. The summed E-state index contributed by atoms with van der Waals surface area (Å²) in [6.45, 7) is 2.09. The molecule has 3 N–H and O–H groups in total. The van der Waals surface area contributed by atoms with Crippen molar-refractivity contribution in [3.8, 4) is 0 Å². The Morgan fingerprint density at radius 2 is 2.14 bits per heavy atom. The molecule has 0 aliphatic carbocycles. The SMILES string of the molecule is CC(Nc1c(N)cnc2ccc(Br)cc12)c1ccc(Cl)s1. The van der Waals surface area contributed by atoms with Crippen LogP contribution in [0.25, 0.3) is 10.9 Å². The Balaban J connectivity index is 2.03. The number of anilines is 2. The van der Waals surface area contributed by atoms with Gasteiger partial charge in [0.2, 0.25) is 0 Å². The van der Waals surface area contributed by atoms with Crippen LogP contribution >= 0.6 is 38.9 Å². The van der Waals surface area contributed by atoms with Crippen molar-refractivity contribution in [1.29, 1.82) is 0 Å². The standard InChI is InChI=1S/C15H13BrClN3S/c1-8(13-4-5-14(17)21-13)20-15-10-6-9(16)2-3-12(10)19-7-11(15)18/h2-8H,18H2,1H3,(H,19,20). The number of hydrogen-bond donors (Lipinski definition) is 2. The lowest BCUT2D eigenvalue weighted by molar-refractivity contribution is 0.910. The van der Waals surface area contributed by atoms with Gasteiger partial charge < -0.3 is 11.1 Å². The van der Waals surface area contributed by atoms with Gasteiger partial charge in [-0.1, -0.05) is 27.5 Å². The van der Waals surface area contributed by atoms with Crippen LogP contribution in [-0.2, 0) is 0 Å². The molecule has 0 radical (unpaired) electrons. The first-order valence-electron chi connectivity index (χ1n) is 6.40. The highest BCUT2D eigenvalue weighted by Crippen LogP contribution is 2.34. The monoisotopic (exact) mass is 381 g/mol. The Morgan fingerprint density at radius 1 is 1.33 bits per heavy atom. The van der Waals surface area contributed by atoms with Crippen molar-refractivity contribution < 1.29 is 0 Å². The number of nitrogens with zero attached hydrogens (tertiary/aromatic N) is 1. The molecular formula is C15H13BrClN3S. The predicted octanol–water partition coefficient (Wildman–Crippen LogP) is 5.47. The Morgan fingerprint density at radius 3 is 2.86 bits per heavy atom. The minimum Gasteiger partial charge on any atom is -0.396 e. The summed E-state index contributed by atoms with van der Waals surface area (Å²) in [4.78, 5) is 5.53. The first-order chi connectivity index (χ1) is 10.0. The lowest BCUT2D eigenvalue weighted by Crippen LogP contribution is -2.08. The molecular weight excluding hydrogens is 370 g/mol. The van der Waals surface area contributed by atoms with Gasteiger partial charge in [0.05, 0.1) is 33.5 Å². The number of hydrogen-bond acceptors (Lipinski definition) is 4. The molecule has 0 aliphatic rings. The van der Waals surface area contributed by atoms with E-state index in [4.69, 9.17) is 17.3 Å². The van der Waals surface area contributed by atoms with E-state index in [-0.39, 0.29) is 6.04 Å². The number of halogens is 2. The number of rotatable bonds is 3.